The molecule has 0 atom stereocenters. The Morgan fingerprint density at radius 2 is 1.75 bits per heavy atom. The fraction of sp³-hybridized carbons (Fsp3) is 1.00. The maximum Gasteiger partial charge on any atom is 0.417 e. The van der Waals surface area contributed by atoms with Crippen LogP contribution in [-0.2, 0) is 0 Å². The Morgan fingerprint density at radius 1 is 1.33 bits per heavy atom. The van der Waals surface area contributed by atoms with E-state index in [4.69, 9.17) is 5.11 Å². The smallest absolute Gasteiger partial charge is 0.380 e. The van der Waals surface area contributed by atoms with E-state index in [0.717, 1.165) is 0 Å². The summed E-state index contributed by atoms with van der Waals surface area (Å²) in [5.41, 5.74) is -2.39. The molecule has 0 radical (unpaired) electrons. The average Bonchev–Trinajstić information content (AvgIpc) is 1.77. The molecule has 1 saturated carbocycles. The van der Waals surface area contributed by atoms with Crippen LogP contribution in [0.25, 0.3) is 0 Å². The zero-order valence-corrected chi connectivity index (χ0v) is 7.15. The summed E-state index contributed by atoms with van der Waals surface area (Å²) in [7, 11) is 0. The molecule has 1 fully saturated rings. The molecule has 4 heteroatoms. The van der Waals surface area contributed by atoms with Crippen molar-refractivity contribution in [1.29, 1.82) is 0 Å². The van der Waals surface area contributed by atoms with Crippen LogP contribution in [0.15, 0.2) is 0 Å². The Morgan fingerprint density at radius 3 is 2.00 bits per heavy atom. The highest BCUT2D eigenvalue weighted by atomic mass is 19.4. The van der Waals surface area contributed by atoms with Crippen molar-refractivity contribution in [3.63, 3.8) is 0 Å². The van der Waals surface area contributed by atoms with Crippen molar-refractivity contribution < 1.29 is 18.3 Å². The van der Waals surface area contributed by atoms with Gasteiger partial charge in [-0.05, 0) is 24.7 Å². The molecule has 0 aromatic carbocycles. The molecule has 1 aliphatic carbocycles. The predicted octanol–water partition coefficient (Wildman–Crippen LogP) is 2.35. The fourth-order valence-corrected chi connectivity index (χ4v) is 1.51. The molecule has 0 amide bonds. The van der Waals surface area contributed by atoms with E-state index >= 15 is 0 Å². The Bertz CT molecular complexity index is 168. The molecule has 0 spiro atoms. The van der Waals surface area contributed by atoms with Crippen molar-refractivity contribution >= 4 is 0 Å². The summed E-state index contributed by atoms with van der Waals surface area (Å²) in [4.78, 5) is 0. The lowest BCUT2D eigenvalue weighted by atomic mass is 9.66. The highest BCUT2D eigenvalue weighted by molar-refractivity contribution is 5.00. The minimum atomic E-state index is -4.45. The molecule has 1 aliphatic rings. The molecule has 0 aromatic heterocycles. The minimum absolute atomic E-state index is 0.0247. The Kier molecular flexibility index (Phi) is 2.15. The Hall–Kier alpha value is -0.250. The molecule has 1 rings (SSSR count). The third-order valence-electron chi connectivity index (χ3n) is 2.67. The second kappa shape index (κ2) is 2.62. The van der Waals surface area contributed by atoms with Crippen LogP contribution in [0.5, 0.6) is 0 Å². The van der Waals surface area contributed by atoms with Crippen LogP contribution >= 0.6 is 0 Å². The van der Waals surface area contributed by atoms with Crippen LogP contribution in [0.4, 0.5) is 13.2 Å². The largest absolute Gasteiger partial charge is 0.417 e. The first-order valence-electron chi connectivity index (χ1n) is 4.05. The van der Waals surface area contributed by atoms with Crippen molar-refractivity contribution in [2.75, 3.05) is 0 Å². The van der Waals surface area contributed by atoms with Gasteiger partial charge in [0.1, 0.15) is 0 Å². The van der Waals surface area contributed by atoms with Crippen LogP contribution in [0, 0.1) is 11.8 Å². The summed E-state index contributed by atoms with van der Waals surface area (Å²) in [6.07, 6.45) is -4.71. The van der Waals surface area contributed by atoms with Crippen molar-refractivity contribution in [2.45, 2.75) is 38.5 Å². The summed E-state index contributed by atoms with van der Waals surface area (Å²) in [6, 6.07) is 0. The van der Waals surface area contributed by atoms with Crippen LogP contribution in [0.3, 0.4) is 0 Å². The zero-order chi connectivity index (χ0) is 9.57. The van der Waals surface area contributed by atoms with Gasteiger partial charge in [0.25, 0.3) is 0 Å². The van der Waals surface area contributed by atoms with Gasteiger partial charge >= 0.3 is 6.18 Å². The monoisotopic (exact) mass is 182 g/mol. The number of rotatable bonds is 1. The van der Waals surface area contributed by atoms with Gasteiger partial charge in [-0.1, -0.05) is 13.8 Å². The molecule has 0 aromatic rings. The van der Waals surface area contributed by atoms with E-state index in [0.29, 0.717) is 0 Å². The van der Waals surface area contributed by atoms with Gasteiger partial charge < -0.3 is 5.11 Å². The van der Waals surface area contributed by atoms with E-state index in [1.54, 1.807) is 0 Å². The number of halogens is 3. The first kappa shape index (κ1) is 9.84. The highest BCUT2D eigenvalue weighted by Crippen LogP contribution is 2.50. The molecule has 72 valence electrons. The maximum atomic E-state index is 12.1. The third kappa shape index (κ3) is 1.44. The van der Waals surface area contributed by atoms with E-state index in [1.165, 1.54) is 0 Å². The molecule has 0 aliphatic heterocycles. The summed E-state index contributed by atoms with van der Waals surface area (Å²) >= 11 is 0. The first-order valence-corrected chi connectivity index (χ1v) is 4.05. The molecular weight excluding hydrogens is 169 g/mol. The Balaban J connectivity index is 2.51. The first-order chi connectivity index (χ1) is 5.26. The highest BCUT2D eigenvalue weighted by Gasteiger charge is 2.61. The standard InChI is InChI=1S/C8H13F3O/c1-5(2)6-3-7(12,4-6)8(9,10)11/h5-6,12H,3-4H2,1-2H3. The lowest BCUT2D eigenvalue weighted by molar-refractivity contribution is -0.302. The van der Waals surface area contributed by atoms with Crippen molar-refractivity contribution in [3.05, 3.63) is 0 Å². The number of hydrogen-bond acceptors (Lipinski definition) is 1. The van der Waals surface area contributed by atoms with Crippen molar-refractivity contribution in [3.8, 4) is 0 Å². The zero-order valence-electron chi connectivity index (χ0n) is 7.15. The summed E-state index contributed by atoms with van der Waals surface area (Å²) < 4.78 is 36.2. The van der Waals surface area contributed by atoms with Gasteiger partial charge in [0, 0.05) is 0 Å². The summed E-state index contributed by atoms with van der Waals surface area (Å²) in [6.45, 7) is 3.75. The topological polar surface area (TPSA) is 20.2 Å². The van der Waals surface area contributed by atoms with Crippen LogP contribution in [-0.4, -0.2) is 16.9 Å². The van der Waals surface area contributed by atoms with E-state index in [-0.39, 0.29) is 24.7 Å². The van der Waals surface area contributed by atoms with E-state index in [2.05, 4.69) is 0 Å². The summed E-state index contributed by atoms with van der Waals surface area (Å²) in [5.74, 6) is 0.254. The molecule has 0 saturated heterocycles. The van der Waals surface area contributed by atoms with Gasteiger partial charge in [-0.15, -0.1) is 0 Å². The van der Waals surface area contributed by atoms with Gasteiger partial charge in [-0.3, -0.25) is 0 Å². The SMILES string of the molecule is CC(C)C1CC(O)(C(F)(F)F)C1. The number of aliphatic hydroxyl groups is 1. The number of hydrogen-bond donors (Lipinski definition) is 1. The molecule has 12 heavy (non-hydrogen) atoms. The number of alkyl halides is 3. The second-order valence-corrected chi connectivity index (χ2v) is 3.94. The maximum absolute atomic E-state index is 12.1. The molecule has 0 heterocycles. The van der Waals surface area contributed by atoms with E-state index < -0.39 is 11.8 Å². The Labute approximate surface area is 69.6 Å². The molecule has 0 unspecified atom stereocenters. The summed E-state index contributed by atoms with van der Waals surface area (Å²) in [5, 5.41) is 9.04. The third-order valence-corrected chi connectivity index (χ3v) is 2.67. The molecule has 1 nitrogen and oxygen atoms in total. The predicted molar refractivity (Wildman–Crippen MR) is 38.6 cm³/mol. The molecule has 1 N–H and O–H groups in total. The normalized spacial score (nSPS) is 36.8. The van der Waals surface area contributed by atoms with E-state index in [9.17, 15) is 13.2 Å². The van der Waals surface area contributed by atoms with Gasteiger partial charge in [-0.25, -0.2) is 0 Å². The van der Waals surface area contributed by atoms with Gasteiger partial charge in [0.2, 0.25) is 0 Å². The van der Waals surface area contributed by atoms with Crippen molar-refractivity contribution in [2.24, 2.45) is 11.8 Å². The van der Waals surface area contributed by atoms with Gasteiger partial charge in [0.15, 0.2) is 5.60 Å². The fourth-order valence-electron chi connectivity index (χ4n) is 1.51. The van der Waals surface area contributed by atoms with Crippen LogP contribution in [0.2, 0.25) is 0 Å². The van der Waals surface area contributed by atoms with Gasteiger partial charge in [-0.2, -0.15) is 13.2 Å². The second-order valence-electron chi connectivity index (χ2n) is 3.94. The van der Waals surface area contributed by atoms with Crippen LogP contribution in [0.1, 0.15) is 26.7 Å². The van der Waals surface area contributed by atoms with E-state index in [1.807, 2.05) is 13.8 Å². The lowest BCUT2D eigenvalue weighted by Gasteiger charge is -2.46. The molecule has 0 bridgehead atoms. The lowest BCUT2D eigenvalue weighted by Crippen LogP contribution is -2.56. The minimum Gasteiger partial charge on any atom is -0.380 e. The average molecular weight is 182 g/mol. The van der Waals surface area contributed by atoms with Crippen molar-refractivity contribution in [1.82, 2.24) is 0 Å². The quantitative estimate of drug-likeness (QED) is 0.660. The van der Waals surface area contributed by atoms with Crippen LogP contribution < -0.4 is 0 Å². The molecular formula is C8H13F3O. The van der Waals surface area contributed by atoms with Gasteiger partial charge in [0.05, 0.1) is 0 Å².